The minimum atomic E-state index is -0.832. The van der Waals surface area contributed by atoms with Crippen LogP contribution >= 0.6 is 11.6 Å². The number of rotatable bonds is 7. The van der Waals surface area contributed by atoms with E-state index in [2.05, 4.69) is 5.32 Å². The van der Waals surface area contributed by atoms with E-state index >= 15 is 0 Å². The van der Waals surface area contributed by atoms with Gasteiger partial charge in [-0.25, -0.2) is 0 Å². The minimum Gasteiger partial charge on any atom is -0.480 e. The maximum absolute atomic E-state index is 11.5. The topological polar surface area (TPSA) is 49.3 Å². The van der Waals surface area contributed by atoms with Gasteiger partial charge in [-0.05, 0) is 43.0 Å². The number of nitrogens with one attached hydrogen (secondary N) is 1. The molecule has 4 heteroatoms. The summed E-state index contributed by atoms with van der Waals surface area (Å²) >= 11 is 5.98. The van der Waals surface area contributed by atoms with Gasteiger partial charge in [0.2, 0.25) is 0 Å². The van der Waals surface area contributed by atoms with Crippen molar-refractivity contribution in [3.8, 4) is 0 Å². The van der Waals surface area contributed by atoms with Gasteiger partial charge in [0.1, 0.15) is 6.04 Å². The molecule has 2 atom stereocenters. The van der Waals surface area contributed by atoms with E-state index < -0.39 is 12.0 Å². The zero-order valence-corrected chi connectivity index (χ0v) is 13.3. The molecule has 1 unspecified atom stereocenters. The van der Waals surface area contributed by atoms with Crippen LogP contribution in [0.2, 0.25) is 5.02 Å². The molecular formula is C18H20ClNO2. The summed E-state index contributed by atoms with van der Waals surface area (Å²) in [6.07, 6.45) is 1.20. The van der Waals surface area contributed by atoms with Crippen LogP contribution in [0.4, 0.5) is 0 Å². The predicted octanol–water partition coefficient (Wildman–Crippen LogP) is 3.56. The van der Waals surface area contributed by atoms with Crippen LogP contribution in [-0.4, -0.2) is 23.2 Å². The Morgan fingerprint density at radius 1 is 1.09 bits per heavy atom. The first kappa shape index (κ1) is 16.5. The lowest BCUT2D eigenvalue weighted by atomic mass is 10.0. The molecule has 0 bridgehead atoms. The van der Waals surface area contributed by atoms with Crippen LogP contribution in [0.1, 0.15) is 18.1 Å². The average molecular weight is 318 g/mol. The molecule has 2 N–H and O–H groups in total. The first-order valence-electron chi connectivity index (χ1n) is 7.32. The standard InChI is InChI=1S/C18H20ClNO2/c1-13(10-15-8-5-9-16(19)11-15)20-17(18(21)22)12-14-6-3-2-4-7-14/h2-9,11,13,17,20H,10,12H2,1H3,(H,21,22)/t13?,17-/m1/s1. The van der Waals surface area contributed by atoms with Gasteiger partial charge in [-0.1, -0.05) is 54.1 Å². The van der Waals surface area contributed by atoms with Gasteiger partial charge in [-0.2, -0.15) is 0 Å². The van der Waals surface area contributed by atoms with Crippen LogP contribution in [-0.2, 0) is 17.6 Å². The highest BCUT2D eigenvalue weighted by Gasteiger charge is 2.20. The summed E-state index contributed by atoms with van der Waals surface area (Å²) in [4.78, 5) is 11.5. The Kier molecular flexibility index (Phi) is 5.99. The Labute approximate surface area is 135 Å². The second-order valence-corrected chi connectivity index (χ2v) is 5.92. The zero-order valence-electron chi connectivity index (χ0n) is 12.5. The van der Waals surface area contributed by atoms with Crippen LogP contribution in [0.15, 0.2) is 54.6 Å². The third-order valence-corrected chi connectivity index (χ3v) is 3.73. The summed E-state index contributed by atoms with van der Waals surface area (Å²) in [5.74, 6) is -0.832. The number of carboxylic acids is 1. The van der Waals surface area contributed by atoms with Gasteiger partial charge < -0.3 is 10.4 Å². The Morgan fingerprint density at radius 3 is 2.41 bits per heavy atom. The summed E-state index contributed by atoms with van der Waals surface area (Å²) in [5.41, 5.74) is 2.11. The van der Waals surface area contributed by atoms with Crippen molar-refractivity contribution < 1.29 is 9.90 Å². The van der Waals surface area contributed by atoms with Crippen molar-refractivity contribution in [3.05, 3.63) is 70.7 Å². The molecule has 2 aromatic rings. The summed E-state index contributed by atoms with van der Waals surface area (Å²) in [5, 5.41) is 13.3. The van der Waals surface area contributed by atoms with Crippen molar-refractivity contribution in [2.75, 3.05) is 0 Å². The molecule has 0 radical (unpaired) electrons. The lowest BCUT2D eigenvalue weighted by Crippen LogP contribution is -2.44. The van der Waals surface area contributed by atoms with Crippen LogP contribution in [0.25, 0.3) is 0 Å². The SMILES string of the molecule is CC(Cc1cccc(Cl)c1)N[C@H](Cc1ccccc1)C(=O)O. The Balaban J connectivity index is 1.97. The third kappa shape index (κ3) is 5.17. The monoisotopic (exact) mass is 317 g/mol. The summed E-state index contributed by atoms with van der Waals surface area (Å²) in [6, 6.07) is 16.7. The summed E-state index contributed by atoms with van der Waals surface area (Å²) < 4.78 is 0. The lowest BCUT2D eigenvalue weighted by Gasteiger charge is -2.20. The fourth-order valence-corrected chi connectivity index (χ4v) is 2.70. The molecule has 0 spiro atoms. The fourth-order valence-electron chi connectivity index (χ4n) is 2.49. The van der Waals surface area contributed by atoms with E-state index in [0.29, 0.717) is 11.4 Å². The van der Waals surface area contributed by atoms with Gasteiger partial charge >= 0.3 is 5.97 Å². The van der Waals surface area contributed by atoms with Gasteiger partial charge in [0.25, 0.3) is 0 Å². The quantitative estimate of drug-likeness (QED) is 0.821. The summed E-state index contributed by atoms with van der Waals surface area (Å²) in [6.45, 7) is 1.99. The molecule has 22 heavy (non-hydrogen) atoms. The van der Waals surface area contributed by atoms with E-state index in [1.54, 1.807) is 0 Å². The van der Waals surface area contributed by atoms with Gasteiger partial charge in [-0.15, -0.1) is 0 Å². The molecule has 0 aromatic heterocycles. The highest BCUT2D eigenvalue weighted by molar-refractivity contribution is 6.30. The van der Waals surface area contributed by atoms with E-state index in [9.17, 15) is 9.90 Å². The van der Waals surface area contributed by atoms with Crippen molar-refractivity contribution in [3.63, 3.8) is 0 Å². The van der Waals surface area contributed by atoms with Crippen LogP contribution in [0.5, 0.6) is 0 Å². The number of benzene rings is 2. The molecule has 0 saturated carbocycles. The second-order valence-electron chi connectivity index (χ2n) is 5.48. The van der Waals surface area contributed by atoms with E-state index in [0.717, 1.165) is 17.5 Å². The number of hydrogen-bond donors (Lipinski definition) is 2. The number of aliphatic carboxylic acids is 1. The molecule has 0 fully saturated rings. The van der Waals surface area contributed by atoms with Gasteiger partial charge in [0.05, 0.1) is 0 Å². The predicted molar refractivity (Wildman–Crippen MR) is 89.3 cm³/mol. The molecule has 0 heterocycles. The number of halogens is 1. The van der Waals surface area contributed by atoms with Crippen LogP contribution < -0.4 is 5.32 Å². The first-order chi connectivity index (χ1) is 10.5. The van der Waals surface area contributed by atoms with Crippen molar-refractivity contribution in [1.82, 2.24) is 5.32 Å². The van der Waals surface area contributed by atoms with Gasteiger partial charge in [0, 0.05) is 11.1 Å². The molecule has 3 nitrogen and oxygen atoms in total. The molecule has 0 aliphatic rings. The smallest absolute Gasteiger partial charge is 0.321 e. The van der Waals surface area contributed by atoms with E-state index in [4.69, 9.17) is 11.6 Å². The molecule has 0 saturated heterocycles. The highest BCUT2D eigenvalue weighted by Crippen LogP contribution is 2.13. The van der Waals surface area contributed by atoms with E-state index in [1.165, 1.54) is 0 Å². The van der Waals surface area contributed by atoms with E-state index in [1.807, 2.05) is 61.5 Å². The Hall–Kier alpha value is -1.84. The normalized spacial score (nSPS) is 13.5. The molecular weight excluding hydrogens is 298 g/mol. The lowest BCUT2D eigenvalue weighted by molar-refractivity contribution is -0.139. The average Bonchev–Trinajstić information content (AvgIpc) is 2.47. The van der Waals surface area contributed by atoms with Crippen LogP contribution in [0.3, 0.4) is 0 Å². The summed E-state index contributed by atoms with van der Waals surface area (Å²) in [7, 11) is 0. The zero-order chi connectivity index (χ0) is 15.9. The number of carbonyl (C=O) groups is 1. The molecule has 2 rings (SSSR count). The maximum atomic E-state index is 11.5. The Morgan fingerprint density at radius 2 is 1.77 bits per heavy atom. The largest absolute Gasteiger partial charge is 0.480 e. The molecule has 116 valence electrons. The van der Waals surface area contributed by atoms with Crippen LogP contribution in [0, 0.1) is 0 Å². The molecule has 2 aromatic carbocycles. The maximum Gasteiger partial charge on any atom is 0.321 e. The number of hydrogen-bond acceptors (Lipinski definition) is 2. The minimum absolute atomic E-state index is 0.0447. The van der Waals surface area contributed by atoms with Gasteiger partial charge in [-0.3, -0.25) is 4.79 Å². The second kappa shape index (κ2) is 7.97. The molecule has 0 amide bonds. The Bertz CT molecular complexity index is 615. The van der Waals surface area contributed by atoms with Crippen molar-refractivity contribution in [2.24, 2.45) is 0 Å². The fraction of sp³-hybridized carbons (Fsp3) is 0.278. The third-order valence-electron chi connectivity index (χ3n) is 3.50. The molecule has 0 aliphatic carbocycles. The number of carboxylic acid groups (broad SMARTS) is 1. The van der Waals surface area contributed by atoms with Crippen molar-refractivity contribution in [2.45, 2.75) is 31.8 Å². The van der Waals surface area contributed by atoms with Crippen molar-refractivity contribution in [1.29, 1.82) is 0 Å². The van der Waals surface area contributed by atoms with E-state index in [-0.39, 0.29) is 6.04 Å². The molecule has 0 aliphatic heterocycles. The first-order valence-corrected chi connectivity index (χ1v) is 7.69. The van der Waals surface area contributed by atoms with Gasteiger partial charge in [0.15, 0.2) is 0 Å². The van der Waals surface area contributed by atoms with Crippen molar-refractivity contribution >= 4 is 17.6 Å². The highest BCUT2D eigenvalue weighted by atomic mass is 35.5.